The minimum atomic E-state index is 0.677. The van der Waals surface area contributed by atoms with Crippen molar-refractivity contribution < 1.29 is 0 Å². The van der Waals surface area contributed by atoms with Crippen LogP contribution in [0.25, 0.3) is 10.2 Å². The van der Waals surface area contributed by atoms with E-state index in [0.717, 1.165) is 10.6 Å². The summed E-state index contributed by atoms with van der Waals surface area (Å²) >= 11 is 6.82. The molecule has 3 nitrogen and oxygen atoms in total. The van der Waals surface area contributed by atoms with Crippen LogP contribution in [0.3, 0.4) is 0 Å². The van der Waals surface area contributed by atoms with Crippen molar-refractivity contribution in [1.82, 2.24) is 10.3 Å². The molecule has 0 aliphatic heterocycles. The summed E-state index contributed by atoms with van der Waals surface area (Å²) in [6.07, 6.45) is 0. The second-order valence-electron chi connectivity index (χ2n) is 3.58. The Balaban J connectivity index is 2.43. The third-order valence-corrected chi connectivity index (χ3v) is 3.93. The summed E-state index contributed by atoms with van der Waals surface area (Å²) in [7, 11) is 3.74. The second-order valence-corrected chi connectivity index (χ2v) is 4.98. The number of aromatic nitrogens is 1. The maximum Gasteiger partial charge on any atom is 0.192 e. The lowest BCUT2D eigenvalue weighted by atomic mass is 10.2. The van der Waals surface area contributed by atoms with Crippen LogP contribution >= 0.6 is 23.6 Å². The molecule has 1 N–H and O–H groups in total. The van der Waals surface area contributed by atoms with Gasteiger partial charge in [0.15, 0.2) is 10.2 Å². The quantitative estimate of drug-likeness (QED) is 0.788. The largest absolute Gasteiger partial charge is 0.365 e. The summed E-state index contributed by atoms with van der Waals surface area (Å²) in [6, 6.07) is 6.29. The van der Waals surface area contributed by atoms with Gasteiger partial charge in [-0.15, -0.1) is 0 Å². The fourth-order valence-corrected chi connectivity index (χ4v) is 2.48. The fraction of sp³-hybridized carbons (Fsp3) is 0.273. The zero-order valence-electron chi connectivity index (χ0n) is 9.44. The zero-order valence-corrected chi connectivity index (χ0v) is 11.1. The molecule has 0 atom stereocenters. The molecule has 0 fully saturated rings. The summed E-state index contributed by atoms with van der Waals surface area (Å²) in [5.74, 6) is 0. The Hall–Kier alpha value is -1.20. The van der Waals surface area contributed by atoms with Gasteiger partial charge in [-0.2, -0.15) is 0 Å². The number of fused-ring (bicyclic) bond motifs is 1. The maximum absolute atomic E-state index is 5.17. The monoisotopic (exact) mass is 251 g/mol. The normalized spacial score (nSPS) is 10.4. The number of thiocarbonyl (C=S) groups is 1. The number of anilines is 1. The van der Waals surface area contributed by atoms with Crippen LogP contribution in [-0.4, -0.2) is 24.2 Å². The van der Waals surface area contributed by atoms with Crippen LogP contribution in [0.5, 0.6) is 0 Å². The van der Waals surface area contributed by atoms with Crippen molar-refractivity contribution in [2.24, 2.45) is 0 Å². The zero-order chi connectivity index (χ0) is 11.7. The van der Waals surface area contributed by atoms with E-state index in [4.69, 9.17) is 12.2 Å². The Labute approximate surface area is 104 Å². The lowest BCUT2D eigenvalue weighted by Crippen LogP contribution is -2.34. The minimum absolute atomic E-state index is 0.677. The summed E-state index contributed by atoms with van der Waals surface area (Å²) in [6.45, 7) is 2.07. The molecule has 0 saturated heterocycles. The van der Waals surface area contributed by atoms with Crippen LogP contribution in [0.2, 0.25) is 0 Å². The van der Waals surface area contributed by atoms with Crippen LogP contribution in [0.1, 0.15) is 5.56 Å². The van der Waals surface area contributed by atoms with E-state index >= 15 is 0 Å². The van der Waals surface area contributed by atoms with Gasteiger partial charge in [0.25, 0.3) is 0 Å². The summed E-state index contributed by atoms with van der Waals surface area (Å²) in [4.78, 5) is 6.44. The fourth-order valence-electron chi connectivity index (χ4n) is 1.42. The van der Waals surface area contributed by atoms with Gasteiger partial charge in [-0.25, -0.2) is 4.98 Å². The Morgan fingerprint density at radius 1 is 1.50 bits per heavy atom. The molecular weight excluding hydrogens is 238 g/mol. The van der Waals surface area contributed by atoms with Crippen molar-refractivity contribution in [3.05, 3.63) is 23.8 Å². The topological polar surface area (TPSA) is 28.2 Å². The van der Waals surface area contributed by atoms with E-state index in [1.807, 2.05) is 19.0 Å². The van der Waals surface area contributed by atoms with E-state index in [1.165, 1.54) is 10.3 Å². The molecule has 16 heavy (non-hydrogen) atoms. The van der Waals surface area contributed by atoms with E-state index < -0.39 is 0 Å². The predicted octanol–water partition coefficient (Wildman–Crippen LogP) is 2.55. The average molecular weight is 251 g/mol. The molecule has 0 unspecified atom stereocenters. The van der Waals surface area contributed by atoms with Crippen LogP contribution in [0.15, 0.2) is 18.2 Å². The first-order valence-electron chi connectivity index (χ1n) is 4.94. The van der Waals surface area contributed by atoms with Crippen molar-refractivity contribution in [1.29, 1.82) is 0 Å². The van der Waals surface area contributed by atoms with Gasteiger partial charge >= 0.3 is 0 Å². The van der Waals surface area contributed by atoms with Gasteiger partial charge in [-0.1, -0.05) is 17.4 Å². The Morgan fingerprint density at radius 3 is 2.94 bits per heavy atom. The van der Waals surface area contributed by atoms with Gasteiger partial charge in [0.05, 0.1) is 10.2 Å². The van der Waals surface area contributed by atoms with Crippen molar-refractivity contribution in [3.63, 3.8) is 0 Å². The van der Waals surface area contributed by atoms with Crippen molar-refractivity contribution >= 4 is 44.0 Å². The number of nitrogens with zero attached hydrogens (tertiary/aromatic N) is 2. The van der Waals surface area contributed by atoms with E-state index in [9.17, 15) is 0 Å². The average Bonchev–Trinajstić information content (AvgIpc) is 2.69. The molecule has 0 saturated carbocycles. The molecule has 0 spiro atoms. The number of nitrogens with one attached hydrogen (secondary N) is 1. The van der Waals surface area contributed by atoms with E-state index in [1.54, 1.807) is 11.3 Å². The Kier molecular flexibility index (Phi) is 3.07. The van der Waals surface area contributed by atoms with Crippen molar-refractivity contribution in [3.8, 4) is 0 Å². The molecule has 1 aromatic carbocycles. The van der Waals surface area contributed by atoms with E-state index in [-0.39, 0.29) is 0 Å². The molecule has 1 heterocycles. The highest BCUT2D eigenvalue weighted by Gasteiger charge is 2.10. The smallest absolute Gasteiger partial charge is 0.192 e. The number of thiazole rings is 1. The number of rotatable bonds is 1. The molecule has 5 heteroatoms. The summed E-state index contributed by atoms with van der Waals surface area (Å²) in [5, 5.41) is 4.54. The van der Waals surface area contributed by atoms with Gasteiger partial charge in [-0.3, -0.25) is 4.90 Å². The number of hydrogen-bond donors (Lipinski definition) is 1. The van der Waals surface area contributed by atoms with Crippen LogP contribution in [-0.2, 0) is 0 Å². The minimum Gasteiger partial charge on any atom is -0.365 e. The predicted molar refractivity (Wildman–Crippen MR) is 74.4 cm³/mol. The highest BCUT2D eigenvalue weighted by Crippen LogP contribution is 2.28. The van der Waals surface area contributed by atoms with Crippen LogP contribution < -0.4 is 10.2 Å². The van der Waals surface area contributed by atoms with Gasteiger partial charge in [0.2, 0.25) is 0 Å². The molecule has 2 aromatic rings. The van der Waals surface area contributed by atoms with Crippen molar-refractivity contribution in [2.75, 3.05) is 19.0 Å². The lowest BCUT2D eigenvalue weighted by molar-refractivity contribution is 1.11. The number of aryl methyl sites for hydroxylation is 1. The van der Waals surface area contributed by atoms with Crippen molar-refractivity contribution in [2.45, 2.75) is 6.92 Å². The Morgan fingerprint density at radius 2 is 2.25 bits per heavy atom. The standard InChI is InChI=1S/C11H13N3S2/c1-7-4-5-9-8(6-7)13-11(16-9)14(3)10(15)12-2/h4-6H,1-3H3,(H,12,15). The molecule has 0 amide bonds. The molecule has 0 aliphatic carbocycles. The molecule has 0 bridgehead atoms. The van der Waals surface area contributed by atoms with Gasteiger partial charge in [0.1, 0.15) is 0 Å². The third kappa shape index (κ3) is 2.01. The van der Waals surface area contributed by atoms with Gasteiger partial charge in [-0.05, 0) is 36.8 Å². The second kappa shape index (κ2) is 4.35. The number of hydrogen-bond acceptors (Lipinski definition) is 3. The summed E-state index contributed by atoms with van der Waals surface area (Å²) in [5.41, 5.74) is 2.26. The SMILES string of the molecule is CNC(=S)N(C)c1nc2cc(C)ccc2s1. The lowest BCUT2D eigenvalue weighted by Gasteiger charge is -2.15. The van der Waals surface area contributed by atoms with Crippen LogP contribution in [0.4, 0.5) is 5.13 Å². The maximum atomic E-state index is 5.17. The van der Waals surface area contributed by atoms with E-state index in [2.05, 4.69) is 35.4 Å². The van der Waals surface area contributed by atoms with E-state index in [0.29, 0.717) is 5.11 Å². The number of benzene rings is 1. The first-order chi connectivity index (χ1) is 7.61. The van der Waals surface area contributed by atoms with Gasteiger partial charge < -0.3 is 5.32 Å². The first kappa shape index (κ1) is 11.3. The van der Waals surface area contributed by atoms with Gasteiger partial charge in [0, 0.05) is 14.1 Å². The molecule has 2 rings (SSSR count). The highest BCUT2D eigenvalue weighted by atomic mass is 32.1. The Bertz CT molecular complexity index is 533. The molecular formula is C11H13N3S2. The first-order valence-corrected chi connectivity index (χ1v) is 6.17. The molecule has 84 valence electrons. The third-order valence-electron chi connectivity index (χ3n) is 2.34. The molecule has 0 aliphatic rings. The molecule has 0 radical (unpaired) electrons. The molecule has 1 aromatic heterocycles. The summed E-state index contributed by atoms with van der Waals surface area (Å²) < 4.78 is 1.19. The highest BCUT2D eigenvalue weighted by molar-refractivity contribution is 7.80. The van der Waals surface area contributed by atoms with Crippen LogP contribution in [0, 0.1) is 6.92 Å².